The van der Waals surface area contributed by atoms with Gasteiger partial charge in [0.1, 0.15) is 0 Å². The zero-order valence-corrected chi connectivity index (χ0v) is 7.95. The number of likely N-dealkylation sites (tertiary alicyclic amines) is 1. The predicted octanol–water partition coefficient (Wildman–Crippen LogP) is 1.49. The van der Waals surface area contributed by atoms with Crippen LogP contribution in [0.2, 0.25) is 0 Å². The van der Waals surface area contributed by atoms with Crippen molar-refractivity contribution in [1.29, 1.82) is 0 Å². The second-order valence-electron chi connectivity index (χ2n) is 3.19. The van der Waals surface area contributed by atoms with Gasteiger partial charge in [-0.05, 0) is 25.8 Å². The van der Waals surface area contributed by atoms with E-state index in [2.05, 4.69) is 0 Å². The number of rotatable bonds is 1. The molecule has 3 heteroatoms. The van der Waals surface area contributed by atoms with Gasteiger partial charge < -0.3 is 0 Å². The summed E-state index contributed by atoms with van der Waals surface area (Å²) in [6, 6.07) is 0. The molecule has 1 aliphatic heterocycles. The van der Waals surface area contributed by atoms with Gasteiger partial charge >= 0.3 is 0 Å². The number of hydrogen-bond donors (Lipinski definition) is 0. The molecule has 0 saturated carbocycles. The van der Waals surface area contributed by atoms with Crippen LogP contribution in [-0.2, 0) is 9.59 Å². The minimum absolute atomic E-state index is 0.0272. The Morgan fingerprint density at radius 3 is 2.85 bits per heavy atom. The summed E-state index contributed by atoms with van der Waals surface area (Å²) < 4.78 is 0. The summed E-state index contributed by atoms with van der Waals surface area (Å²) >= 11 is 0. The third kappa shape index (κ3) is 2.68. The van der Waals surface area contributed by atoms with Crippen LogP contribution >= 0.6 is 0 Å². The molecule has 0 radical (unpaired) electrons. The number of carbonyl (C=O) groups excluding carboxylic acids is 2. The molecule has 0 N–H and O–H groups in total. The summed E-state index contributed by atoms with van der Waals surface area (Å²) in [7, 11) is 0. The van der Waals surface area contributed by atoms with Crippen molar-refractivity contribution in [3.63, 3.8) is 0 Å². The number of nitrogens with zero attached hydrogens (tertiary/aromatic N) is 1. The van der Waals surface area contributed by atoms with Crippen LogP contribution in [0.1, 0.15) is 32.6 Å². The number of hydrogen-bond acceptors (Lipinski definition) is 2. The highest BCUT2D eigenvalue weighted by molar-refractivity contribution is 6.00. The van der Waals surface area contributed by atoms with E-state index in [1.54, 1.807) is 13.0 Å². The molecule has 72 valence electrons. The van der Waals surface area contributed by atoms with Gasteiger partial charge in [-0.3, -0.25) is 14.5 Å². The van der Waals surface area contributed by atoms with Crippen LogP contribution in [0.5, 0.6) is 0 Å². The zero-order chi connectivity index (χ0) is 9.68. The largest absolute Gasteiger partial charge is 0.279 e. The van der Waals surface area contributed by atoms with E-state index < -0.39 is 0 Å². The minimum Gasteiger partial charge on any atom is -0.279 e. The minimum atomic E-state index is -0.172. The Hall–Kier alpha value is -1.12. The first-order valence-electron chi connectivity index (χ1n) is 4.72. The molecular formula is C10H15NO2. The van der Waals surface area contributed by atoms with Gasteiger partial charge in [-0.15, -0.1) is 0 Å². The van der Waals surface area contributed by atoms with Crippen LogP contribution in [0.25, 0.3) is 0 Å². The fraction of sp³-hybridized carbons (Fsp3) is 0.600. The lowest BCUT2D eigenvalue weighted by molar-refractivity contribution is -0.141. The van der Waals surface area contributed by atoms with E-state index in [1.807, 2.05) is 0 Å². The molecule has 1 aliphatic rings. The number of allylic oxidation sites excluding steroid dienone is 1. The molecular weight excluding hydrogens is 166 g/mol. The summed E-state index contributed by atoms with van der Waals surface area (Å²) in [6.45, 7) is 2.36. The lowest BCUT2D eigenvalue weighted by atomic mass is 10.2. The Morgan fingerprint density at radius 1 is 1.38 bits per heavy atom. The van der Waals surface area contributed by atoms with Gasteiger partial charge in [0.25, 0.3) is 5.91 Å². The molecule has 0 unspecified atom stereocenters. The average molecular weight is 181 g/mol. The van der Waals surface area contributed by atoms with Gasteiger partial charge in [-0.2, -0.15) is 0 Å². The van der Waals surface area contributed by atoms with E-state index >= 15 is 0 Å². The van der Waals surface area contributed by atoms with Gasteiger partial charge in [0.2, 0.25) is 5.91 Å². The van der Waals surface area contributed by atoms with Gasteiger partial charge in [0.15, 0.2) is 0 Å². The SMILES string of the molecule is CC=CC(=O)N1CCCCCC1=O. The van der Waals surface area contributed by atoms with E-state index in [1.165, 1.54) is 11.0 Å². The van der Waals surface area contributed by atoms with Gasteiger partial charge in [0.05, 0.1) is 0 Å². The molecule has 0 aromatic carbocycles. The molecule has 0 aromatic heterocycles. The summed E-state index contributed by atoms with van der Waals surface area (Å²) in [5.41, 5.74) is 0. The summed E-state index contributed by atoms with van der Waals surface area (Å²) in [4.78, 5) is 24.1. The van der Waals surface area contributed by atoms with Crippen LogP contribution in [0.15, 0.2) is 12.2 Å². The predicted molar refractivity (Wildman–Crippen MR) is 50.0 cm³/mol. The van der Waals surface area contributed by atoms with E-state index in [9.17, 15) is 9.59 Å². The number of amides is 2. The summed E-state index contributed by atoms with van der Waals surface area (Å²) in [5, 5.41) is 0. The van der Waals surface area contributed by atoms with Gasteiger partial charge in [-0.25, -0.2) is 0 Å². The average Bonchev–Trinajstić information content (AvgIpc) is 2.30. The molecule has 1 rings (SSSR count). The van der Waals surface area contributed by atoms with Crippen molar-refractivity contribution in [3.05, 3.63) is 12.2 Å². The van der Waals surface area contributed by atoms with E-state index in [-0.39, 0.29) is 11.8 Å². The second-order valence-corrected chi connectivity index (χ2v) is 3.19. The van der Waals surface area contributed by atoms with Crippen molar-refractivity contribution in [3.8, 4) is 0 Å². The first-order chi connectivity index (χ1) is 6.25. The van der Waals surface area contributed by atoms with Gasteiger partial charge in [0, 0.05) is 13.0 Å². The van der Waals surface area contributed by atoms with Crippen molar-refractivity contribution in [1.82, 2.24) is 4.90 Å². The molecule has 2 amide bonds. The Kier molecular flexibility index (Phi) is 3.68. The molecule has 3 nitrogen and oxygen atoms in total. The Balaban J connectivity index is 2.64. The molecule has 0 aromatic rings. The van der Waals surface area contributed by atoms with Crippen LogP contribution in [0.3, 0.4) is 0 Å². The fourth-order valence-corrected chi connectivity index (χ4v) is 1.45. The lowest BCUT2D eigenvalue weighted by Gasteiger charge is -2.15. The first-order valence-corrected chi connectivity index (χ1v) is 4.72. The lowest BCUT2D eigenvalue weighted by Crippen LogP contribution is -2.35. The highest BCUT2D eigenvalue weighted by Gasteiger charge is 2.20. The highest BCUT2D eigenvalue weighted by atomic mass is 16.2. The summed E-state index contributed by atoms with van der Waals surface area (Å²) in [6.07, 6.45) is 6.53. The van der Waals surface area contributed by atoms with Gasteiger partial charge in [-0.1, -0.05) is 12.5 Å². The molecule has 1 saturated heterocycles. The third-order valence-electron chi connectivity index (χ3n) is 2.15. The third-order valence-corrected chi connectivity index (χ3v) is 2.15. The van der Waals surface area contributed by atoms with E-state index in [0.717, 1.165) is 19.3 Å². The van der Waals surface area contributed by atoms with Crippen molar-refractivity contribution >= 4 is 11.8 Å². The summed E-state index contributed by atoms with van der Waals surface area (Å²) in [5.74, 6) is -0.199. The van der Waals surface area contributed by atoms with Crippen molar-refractivity contribution in [2.45, 2.75) is 32.6 Å². The Morgan fingerprint density at radius 2 is 2.15 bits per heavy atom. The number of carbonyl (C=O) groups is 2. The smallest absolute Gasteiger partial charge is 0.252 e. The maximum atomic E-state index is 11.4. The molecule has 0 aliphatic carbocycles. The van der Waals surface area contributed by atoms with Crippen LogP contribution in [0, 0.1) is 0 Å². The maximum absolute atomic E-state index is 11.4. The maximum Gasteiger partial charge on any atom is 0.252 e. The molecule has 0 bridgehead atoms. The normalized spacial score (nSPS) is 19.2. The zero-order valence-electron chi connectivity index (χ0n) is 7.95. The Labute approximate surface area is 78.4 Å². The van der Waals surface area contributed by atoms with Crippen LogP contribution < -0.4 is 0 Å². The highest BCUT2D eigenvalue weighted by Crippen LogP contribution is 2.11. The van der Waals surface area contributed by atoms with Crippen LogP contribution in [-0.4, -0.2) is 23.3 Å². The Bertz CT molecular complexity index is 233. The molecule has 1 heterocycles. The van der Waals surface area contributed by atoms with E-state index in [4.69, 9.17) is 0 Å². The quantitative estimate of drug-likeness (QED) is 0.575. The van der Waals surface area contributed by atoms with Crippen LogP contribution in [0.4, 0.5) is 0 Å². The topological polar surface area (TPSA) is 37.4 Å². The second kappa shape index (κ2) is 4.80. The molecule has 0 spiro atoms. The fourth-order valence-electron chi connectivity index (χ4n) is 1.45. The molecule has 0 atom stereocenters. The van der Waals surface area contributed by atoms with Crippen molar-refractivity contribution < 1.29 is 9.59 Å². The van der Waals surface area contributed by atoms with Crippen molar-refractivity contribution in [2.24, 2.45) is 0 Å². The van der Waals surface area contributed by atoms with Crippen molar-refractivity contribution in [2.75, 3.05) is 6.54 Å². The standard InChI is InChI=1S/C10H15NO2/c1-2-6-9(12)11-8-5-3-4-7-10(11)13/h2,6H,3-5,7-8H2,1H3. The van der Waals surface area contributed by atoms with E-state index in [0.29, 0.717) is 13.0 Å². The monoisotopic (exact) mass is 181 g/mol. The molecule has 13 heavy (non-hydrogen) atoms. The first kappa shape index (κ1) is 9.96. The number of imide groups is 1. The molecule has 1 fully saturated rings.